The van der Waals surface area contributed by atoms with Crippen molar-refractivity contribution >= 4 is 27.7 Å². The molecule has 0 saturated carbocycles. The van der Waals surface area contributed by atoms with E-state index in [0.29, 0.717) is 6.08 Å². The first-order valence-electron chi connectivity index (χ1n) is 5.11. The Balaban J connectivity index is 2.27. The van der Waals surface area contributed by atoms with E-state index < -0.39 is 32.6 Å². The number of esters is 1. The Morgan fingerprint density at radius 3 is 2.50 bits per heavy atom. The third kappa shape index (κ3) is 2.67. The van der Waals surface area contributed by atoms with Gasteiger partial charge in [0.15, 0.2) is 10.6 Å². The molecule has 0 amide bonds. The highest BCUT2D eigenvalue weighted by Gasteiger charge is 2.34. The van der Waals surface area contributed by atoms with Crippen LogP contribution < -0.4 is 4.74 Å². The van der Waals surface area contributed by atoms with Crippen LogP contribution in [0.15, 0.2) is 39.6 Å². The fourth-order valence-corrected chi connectivity index (χ4v) is 2.37. The number of benzene rings is 1. The number of ether oxygens (including phenoxy) is 1. The SMILES string of the molecule is O=C(O)C1=NS(=O)(=O)C(C(=O)Oc2cccc(O)c2)=C1. The number of aliphatic carboxylic acids is 1. The zero-order valence-corrected chi connectivity index (χ0v) is 10.5. The van der Waals surface area contributed by atoms with Crippen LogP contribution in [-0.2, 0) is 19.6 Å². The van der Waals surface area contributed by atoms with Gasteiger partial charge in [0.05, 0.1) is 0 Å². The molecule has 2 rings (SSSR count). The van der Waals surface area contributed by atoms with Crippen LogP contribution in [0.2, 0.25) is 0 Å². The van der Waals surface area contributed by atoms with E-state index in [1.807, 2.05) is 0 Å². The van der Waals surface area contributed by atoms with E-state index in [1.54, 1.807) is 0 Å². The summed E-state index contributed by atoms with van der Waals surface area (Å²) in [6, 6.07) is 5.13. The minimum Gasteiger partial charge on any atom is -0.508 e. The molecule has 0 spiro atoms. The number of phenolic OH excluding ortho intramolecular Hbond substituents is 1. The number of carboxylic acids is 1. The molecule has 1 heterocycles. The van der Waals surface area contributed by atoms with Crippen molar-refractivity contribution in [3.8, 4) is 11.5 Å². The molecule has 1 aromatic rings. The van der Waals surface area contributed by atoms with Crippen LogP contribution in [0, 0.1) is 0 Å². The second-order valence-electron chi connectivity index (χ2n) is 3.65. The second kappa shape index (κ2) is 4.78. The van der Waals surface area contributed by atoms with Gasteiger partial charge in [-0.25, -0.2) is 9.59 Å². The number of carbonyl (C=O) groups is 2. The lowest BCUT2D eigenvalue weighted by Crippen LogP contribution is -2.15. The normalized spacial score (nSPS) is 16.2. The maximum atomic E-state index is 11.7. The van der Waals surface area contributed by atoms with Gasteiger partial charge in [0.25, 0.3) is 10.0 Å². The Labute approximate surface area is 112 Å². The first-order valence-corrected chi connectivity index (χ1v) is 6.55. The Kier molecular flexibility index (Phi) is 3.28. The molecule has 9 heteroatoms. The van der Waals surface area contributed by atoms with Crippen molar-refractivity contribution in [1.82, 2.24) is 0 Å². The van der Waals surface area contributed by atoms with E-state index in [4.69, 9.17) is 9.84 Å². The molecule has 0 bridgehead atoms. The summed E-state index contributed by atoms with van der Waals surface area (Å²) in [4.78, 5) is 21.5. The molecule has 1 aromatic carbocycles. The van der Waals surface area contributed by atoms with Gasteiger partial charge in [0.1, 0.15) is 11.5 Å². The first-order chi connectivity index (χ1) is 9.29. The maximum Gasteiger partial charge on any atom is 0.357 e. The van der Waals surface area contributed by atoms with Gasteiger partial charge in [-0.3, -0.25) is 0 Å². The number of carbonyl (C=O) groups excluding carboxylic acids is 1. The Morgan fingerprint density at radius 2 is 1.95 bits per heavy atom. The van der Waals surface area contributed by atoms with Gasteiger partial charge in [0, 0.05) is 12.1 Å². The van der Waals surface area contributed by atoms with Gasteiger partial charge in [-0.2, -0.15) is 12.8 Å². The lowest BCUT2D eigenvalue weighted by atomic mass is 10.3. The largest absolute Gasteiger partial charge is 0.508 e. The molecular weight excluding hydrogens is 290 g/mol. The summed E-state index contributed by atoms with van der Waals surface area (Å²) in [5, 5.41) is 17.8. The molecule has 0 unspecified atom stereocenters. The molecule has 8 nitrogen and oxygen atoms in total. The van der Waals surface area contributed by atoms with Gasteiger partial charge >= 0.3 is 11.9 Å². The summed E-state index contributed by atoms with van der Waals surface area (Å²) in [5.41, 5.74) is -0.771. The number of rotatable bonds is 3. The molecule has 0 fully saturated rings. The quantitative estimate of drug-likeness (QED) is 0.595. The average Bonchev–Trinajstić information content (AvgIpc) is 2.65. The molecule has 2 N–H and O–H groups in total. The fourth-order valence-electron chi connectivity index (χ4n) is 1.37. The molecule has 1 aliphatic rings. The molecule has 104 valence electrons. The first kappa shape index (κ1) is 13.7. The van der Waals surface area contributed by atoms with E-state index in [2.05, 4.69) is 4.40 Å². The highest BCUT2D eigenvalue weighted by molar-refractivity contribution is 7.95. The van der Waals surface area contributed by atoms with Gasteiger partial charge < -0.3 is 14.9 Å². The van der Waals surface area contributed by atoms with Crippen LogP contribution in [0.1, 0.15) is 0 Å². The lowest BCUT2D eigenvalue weighted by molar-refractivity contribution is -0.130. The van der Waals surface area contributed by atoms with Crippen LogP contribution in [0.25, 0.3) is 0 Å². The van der Waals surface area contributed by atoms with E-state index in [9.17, 15) is 23.1 Å². The van der Waals surface area contributed by atoms with E-state index in [-0.39, 0.29) is 11.5 Å². The molecular formula is C11H7NO7S. The molecule has 20 heavy (non-hydrogen) atoms. The van der Waals surface area contributed by atoms with Crippen molar-refractivity contribution in [2.24, 2.45) is 4.40 Å². The molecule has 0 saturated heterocycles. The molecule has 0 atom stereocenters. The van der Waals surface area contributed by atoms with Gasteiger partial charge in [-0.15, -0.1) is 0 Å². The fraction of sp³-hybridized carbons (Fsp3) is 0. The van der Waals surface area contributed by atoms with Crippen molar-refractivity contribution in [3.63, 3.8) is 0 Å². The van der Waals surface area contributed by atoms with E-state index in [0.717, 1.165) is 6.07 Å². The number of carboxylic acid groups (broad SMARTS) is 1. The zero-order valence-electron chi connectivity index (χ0n) is 9.68. The molecule has 0 aromatic heterocycles. The number of phenols is 1. The maximum absolute atomic E-state index is 11.7. The second-order valence-corrected chi connectivity index (χ2v) is 5.22. The minimum atomic E-state index is -4.38. The van der Waals surface area contributed by atoms with Crippen LogP contribution in [-0.4, -0.2) is 36.3 Å². The number of hydrogen-bond acceptors (Lipinski definition) is 6. The standard InChI is InChI=1S/C11H7NO7S/c13-6-2-1-3-7(4-6)19-11(16)9-5-8(10(14)15)12-20(9,17)18/h1-5,13H,(H,14,15). The summed E-state index contributed by atoms with van der Waals surface area (Å²) >= 11 is 0. The van der Waals surface area contributed by atoms with Gasteiger partial charge in [0.2, 0.25) is 0 Å². The predicted octanol–water partition coefficient (Wildman–Crippen LogP) is 0.0505. The average molecular weight is 297 g/mol. The third-order valence-electron chi connectivity index (χ3n) is 2.21. The van der Waals surface area contributed by atoms with Gasteiger partial charge in [-0.1, -0.05) is 6.07 Å². The van der Waals surface area contributed by atoms with Gasteiger partial charge in [-0.05, 0) is 12.1 Å². The molecule has 0 radical (unpaired) electrons. The summed E-state index contributed by atoms with van der Waals surface area (Å²) in [6.07, 6.45) is 0.614. The zero-order chi connectivity index (χ0) is 14.9. The van der Waals surface area contributed by atoms with E-state index >= 15 is 0 Å². The minimum absolute atomic E-state index is 0.0881. The smallest absolute Gasteiger partial charge is 0.357 e. The van der Waals surface area contributed by atoms with Crippen molar-refractivity contribution < 1.29 is 33.0 Å². The topological polar surface area (TPSA) is 130 Å². The summed E-state index contributed by atoms with van der Waals surface area (Å²) in [5.74, 6) is -3.12. The summed E-state index contributed by atoms with van der Waals surface area (Å²) < 4.78 is 30.7. The van der Waals surface area contributed by atoms with Crippen LogP contribution in [0.5, 0.6) is 11.5 Å². The van der Waals surface area contributed by atoms with Crippen LogP contribution >= 0.6 is 0 Å². The molecule has 0 aliphatic carbocycles. The van der Waals surface area contributed by atoms with Crippen molar-refractivity contribution in [3.05, 3.63) is 35.2 Å². The number of nitrogens with zero attached hydrogens (tertiary/aromatic N) is 1. The monoisotopic (exact) mass is 297 g/mol. The number of sulfonamides is 1. The number of hydrogen-bond donors (Lipinski definition) is 2. The van der Waals surface area contributed by atoms with E-state index in [1.165, 1.54) is 18.2 Å². The van der Waals surface area contributed by atoms with Crippen LogP contribution in [0.4, 0.5) is 0 Å². The highest BCUT2D eigenvalue weighted by Crippen LogP contribution is 2.22. The summed E-state index contributed by atoms with van der Waals surface area (Å²) in [7, 11) is -4.38. The van der Waals surface area contributed by atoms with Crippen molar-refractivity contribution in [2.45, 2.75) is 0 Å². The third-order valence-corrected chi connectivity index (χ3v) is 3.49. The highest BCUT2D eigenvalue weighted by atomic mass is 32.2. The van der Waals surface area contributed by atoms with Crippen LogP contribution in [0.3, 0.4) is 0 Å². The summed E-state index contributed by atoms with van der Waals surface area (Å²) in [6.45, 7) is 0. The molecule has 1 aliphatic heterocycles. The Bertz CT molecular complexity index is 761. The Hall–Kier alpha value is -2.68. The predicted molar refractivity (Wildman–Crippen MR) is 65.8 cm³/mol. The number of aromatic hydroxyl groups is 1. The Morgan fingerprint density at radius 1 is 1.25 bits per heavy atom. The van der Waals surface area contributed by atoms with Crippen molar-refractivity contribution in [1.29, 1.82) is 0 Å². The lowest BCUT2D eigenvalue weighted by Gasteiger charge is -2.04. The van der Waals surface area contributed by atoms with Crippen molar-refractivity contribution in [2.75, 3.05) is 0 Å².